The van der Waals surface area contributed by atoms with E-state index in [1.807, 2.05) is 24.3 Å². The first-order valence-corrected chi connectivity index (χ1v) is 9.59. The first-order chi connectivity index (χ1) is 14.9. The average Bonchev–Trinajstić information content (AvgIpc) is 2.69. The molecule has 2 rings (SSSR count). The molecule has 33 heavy (non-hydrogen) atoms. The molecule has 0 spiro atoms. The summed E-state index contributed by atoms with van der Waals surface area (Å²) in [6.07, 6.45) is -2.39. The third-order valence-electron chi connectivity index (χ3n) is 4.04. The zero-order valence-electron chi connectivity index (χ0n) is 18.8. The monoisotopic (exact) mass is 514 g/mol. The highest BCUT2D eigenvalue weighted by Gasteiger charge is 2.30. The molecule has 0 radical (unpaired) electrons. The van der Waals surface area contributed by atoms with Gasteiger partial charge in [-0.3, -0.25) is 4.90 Å². The van der Waals surface area contributed by atoms with Crippen molar-refractivity contribution in [1.29, 1.82) is 5.26 Å². The summed E-state index contributed by atoms with van der Waals surface area (Å²) in [5, 5.41) is 10.4. The van der Waals surface area contributed by atoms with Gasteiger partial charge < -0.3 is 27.4 Å². The molecule has 0 aliphatic carbocycles. The number of benzene rings is 1. The van der Waals surface area contributed by atoms with Gasteiger partial charge in [-0.25, -0.2) is 8.78 Å². The van der Waals surface area contributed by atoms with Gasteiger partial charge in [0.25, 0.3) is 0 Å². The Kier molecular flexibility index (Phi) is 10.3. The molecule has 1 N–H and O–H groups in total. The fraction of sp³-hybridized carbons (Fsp3) is 0.421. The van der Waals surface area contributed by atoms with Crippen molar-refractivity contribution in [2.45, 2.75) is 12.6 Å². The summed E-state index contributed by atoms with van der Waals surface area (Å²) in [7, 11) is 4.97. The summed E-state index contributed by atoms with van der Waals surface area (Å²) in [6, 6.07) is 1.79. The van der Waals surface area contributed by atoms with Crippen LogP contribution in [0.5, 0.6) is 5.75 Å². The summed E-state index contributed by atoms with van der Waals surface area (Å²) in [4.78, 5) is 10.3. The van der Waals surface area contributed by atoms with Crippen LogP contribution in [-0.4, -0.2) is 61.9 Å². The summed E-state index contributed by atoms with van der Waals surface area (Å²) >= 11 is 6.06. The number of aromatic nitrogens is 2. The van der Waals surface area contributed by atoms with Crippen molar-refractivity contribution >= 4 is 23.4 Å². The number of ether oxygens (including phenoxy) is 1. The Bertz CT molecular complexity index is 983. The molecule has 1 heterocycles. The van der Waals surface area contributed by atoms with Gasteiger partial charge in [0.1, 0.15) is 34.9 Å². The number of nitrogens with one attached hydrogen (secondary N) is 1. The first-order valence-electron chi connectivity index (χ1n) is 9.21. The number of halogens is 7. The maximum absolute atomic E-state index is 14.8. The molecule has 1 aromatic carbocycles. The second-order valence-electron chi connectivity index (χ2n) is 6.93. The fourth-order valence-corrected chi connectivity index (χ4v) is 2.85. The van der Waals surface area contributed by atoms with E-state index in [2.05, 4.69) is 9.97 Å². The molecule has 0 atom stereocenters. The van der Waals surface area contributed by atoms with Gasteiger partial charge in [-0.05, 0) is 20.5 Å². The van der Waals surface area contributed by atoms with Crippen LogP contribution in [0.3, 0.4) is 0 Å². The number of alkyl halides is 3. The Labute approximate surface area is 200 Å². The van der Waals surface area contributed by atoms with Gasteiger partial charge in [-0.2, -0.15) is 28.4 Å². The standard InChI is InChI=1S/C19H20ClF5N6O.ClH/c1-30(2)5-4-6-32-11-7-12(21)14(13(22)8-11)15-16(20)28-18(31(3)10-26)29-17(15)27-9-19(23,24)25;/h7-8H,4-6,9H2,1-3H3,(H,27,28,29);1H. The Morgan fingerprint density at radius 3 is 2.27 bits per heavy atom. The molecule has 1 aromatic heterocycles. The molecule has 0 bridgehead atoms. The lowest BCUT2D eigenvalue weighted by atomic mass is 10.1. The third kappa shape index (κ3) is 8.03. The molecule has 0 aliphatic heterocycles. The molecule has 0 amide bonds. The Morgan fingerprint density at radius 2 is 1.76 bits per heavy atom. The predicted molar refractivity (Wildman–Crippen MR) is 111 cm³/mol. The molecule has 2 aromatic rings. The highest BCUT2D eigenvalue weighted by Crippen LogP contribution is 2.39. The van der Waals surface area contributed by atoms with Gasteiger partial charge >= 0.3 is 7.60 Å². The zero-order valence-corrected chi connectivity index (χ0v) is 19.3. The van der Waals surface area contributed by atoms with Crippen LogP contribution in [-0.2, 0) is 0 Å². The van der Waals surface area contributed by atoms with E-state index in [9.17, 15) is 22.0 Å². The molecule has 0 aliphatic rings. The first kappa shape index (κ1) is 28.4. The maximum atomic E-state index is 14.8. The van der Waals surface area contributed by atoms with E-state index < -0.39 is 46.5 Å². The minimum absolute atomic E-state index is 0. The van der Waals surface area contributed by atoms with Crippen LogP contribution in [0.2, 0.25) is 5.15 Å². The number of rotatable bonds is 9. The van der Waals surface area contributed by atoms with Gasteiger partial charge in [-0.15, -0.1) is 0 Å². The molecule has 14 heteroatoms. The van der Waals surface area contributed by atoms with Crippen LogP contribution >= 0.6 is 11.6 Å². The predicted octanol–water partition coefficient (Wildman–Crippen LogP) is 1.41. The van der Waals surface area contributed by atoms with Gasteiger partial charge in [-0.1, -0.05) is 11.6 Å². The lowest BCUT2D eigenvalue weighted by Crippen LogP contribution is -3.00. The number of anilines is 2. The molecule has 0 saturated carbocycles. The largest absolute Gasteiger partial charge is 1.00 e. The van der Waals surface area contributed by atoms with Crippen molar-refractivity contribution in [2.75, 3.05) is 51.1 Å². The number of hydrogen-bond donors (Lipinski definition) is 1. The Hall–Kier alpha value is -2.62. The minimum atomic E-state index is -4.66. The van der Waals surface area contributed by atoms with E-state index in [0.29, 0.717) is 13.0 Å². The van der Waals surface area contributed by atoms with Crippen LogP contribution in [0.4, 0.5) is 33.7 Å². The highest BCUT2D eigenvalue weighted by atomic mass is 35.5. The number of hydrogen-bond acceptors (Lipinski definition) is 7. The molecule has 182 valence electrons. The normalized spacial score (nSPS) is 11.1. The highest BCUT2D eigenvalue weighted by molar-refractivity contribution is 6.32. The minimum Gasteiger partial charge on any atom is -1.00 e. The number of nitrogens with zero attached hydrogens (tertiary/aromatic N) is 5. The smallest absolute Gasteiger partial charge is 1.00 e. The van der Waals surface area contributed by atoms with Crippen molar-refractivity contribution in [3.63, 3.8) is 0 Å². The van der Waals surface area contributed by atoms with E-state index in [1.165, 1.54) is 7.05 Å². The van der Waals surface area contributed by atoms with Crippen LogP contribution in [0.25, 0.3) is 11.1 Å². The number of nitriles is 1. The second kappa shape index (κ2) is 12.0. The Balaban J connectivity index is 0.00000544. The van der Waals surface area contributed by atoms with E-state index >= 15 is 0 Å². The molecule has 7 nitrogen and oxygen atoms in total. The summed E-state index contributed by atoms with van der Waals surface area (Å²) in [6.45, 7) is -0.652. The van der Waals surface area contributed by atoms with Crippen molar-refractivity contribution in [1.82, 2.24) is 14.9 Å². The summed E-state index contributed by atoms with van der Waals surface area (Å²) in [5.41, 5.74) is -1.24. The fourth-order valence-electron chi connectivity index (χ4n) is 2.59. The van der Waals surface area contributed by atoms with Crippen molar-refractivity contribution in [3.05, 3.63) is 28.9 Å². The van der Waals surface area contributed by atoms with Crippen LogP contribution in [0, 0.1) is 23.1 Å². The van der Waals surface area contributed by atoms with Crippen LogP contribution < -0.4 is 27.4 Å². The van der Waals surface area contributed by atoms with Gasteiger partial charge in [0.15, 0.2) is 6.19 Å². The lowest BCUT2D eigenvalue weighted by molar-refractivity contribution is -0.115. The molecular formula is C19H21Cl2F5N6O. The quantitative estimate of drug-likeness (QED) is 0.178. The van der Waals surface area contributed by atoms with E-state index in [4.69, 9.17) is 21.6 Å². The average molecular weight is 515 g/mol. The topological polar surface area (TPSA) is 77.3 Å². The van der Waals surface area contributed by atoms with Gasteiger partial charge in [0.2, 0.25) is 5.95 Å². The third-order valence-corrected chi connectivity index (χ3v) is 4.32. The second-order valence-corrected chi connectivity index (χ2v) is 7.29. The van der Waals surface area contributed by atoms with Crippen molar-refractivity contribution < 1.29 is 40.5 Å². The molecule has 0 unspecified atom stereocenters. The van der Waals surface area contributed by atoms with Crippen molar-refractivity contribution in [2.24, 2.45) is 0 Å². The van der Waals surface area contributed by atoms with Gasteiger partial charge in [0, 0.05) is 25.7 Å². The van der Waals surface area contributed by atoms with Crippen LogP contribution in [0.1, 0.15) is 7.85 Å². The molecular weight excluding hydrogens is 494 g/mol. The van der Waals surface area contributed by atoms with Crippen molar-refractivity contribution in [3.8, 4) is 23.1 Å². The van der Waals surface area contributed by atoms with E-state index in [-0.39, 0.29) is 32.1 Å². The van der Waals surface area contributed by atoms with Gasteiger partial charge in [0.05, 0.1) is 17.7 Å². The Morgan fingerprint density at radius 1 is 1.15 bits per heavy atom. The summed E-state index contributed by atoms with van der Waals surface area (Å²) in [5.74, 6) is -3.29. The maximum Gasteiger partial charge on any atom is 1.00 e. The van der Waals surface area contributed by atoms with E-state index in [1.54, 1.807) is 6.19 Å². The SMILES string of the molecule is CN(C)CCCOc1cc(F)c(-c2c(Cl)nc(N(C)C#N)nc2NCC(F)(F)F)c(F)c1.[Cl-].[H+]. The molecule has 0 fully saturated rings. The summed E-state index contributed by atoms with van der Waals surface area (Å²) < 4.78 is 73.2. The zero-order chi connectivity index (χ0) is 24.1. The van der Waals surface area contributed by atoms with Crippen LogP contribution in [0.15, 0.2) is 12.1 Å². The molecule has 0 saturated heterocycles. The van der Waals surface area contributed by atoms with E-state index in [0.717, 1.165) is 17.0 Å². The lowest BCUT2D eigenvalue weighted by Gasteiger charge is -2.18.